The number of benzene rings is 2. The molecule has 0 saturated heterocycles. The van der Waals surface area contributed by atoms with Crippen LogP contribution in [0.1, 0.15) is 74.9 Å². The first kappa shape index (κ1) is 28.4. The van der Waals surface area contributed by atoms with Crippen molar-refractivity contribution in [3.8, 4) is 11.5 Å². The topological polar surface area (TPSA) is 92.5 Å². The first-order valence-corrected chi connectivity index (χ1v) is 13.7. The minimum absolute atomic E-state index is 0.0248. The molecule has 0 aliphatic heterocycles. The Morgan fingerprint density at radius 1 is 0.706 bits per heavy atom. The Balaban J connectivity index is 2.36. The Morgan fingerprint density at radius 3 is 1.29 bits per heavy atom. The molecule has 34 heavy (non-hydrogen) atoms. The van der Waals surface area contributed by atoms with Crippen molar-refractivity contribution in [3.63, 3.8) is 0 Å². The highest BCUT2D eigenvalue weighted by Gasteiger charge is 2.18. The number of hydrogen-bond donors (Lipinski definition) is 4. The molecule has 0 aliphatic carbocycles. The van der Waals surface area contributed by atoms with Crippen LogP contribution in [-0.2, 0) is 10.8 Å². The van der Waals surface area contributed by atoms with Gasteiger partial charge in [0, 0.05) is 34.0 Å². The maximum absolute atomic E-state index is 10.6. The molecule has 0 aliphatic rings. The fourth-order valence-corrected chi connectivity index (χ4v) is 5.43. The third-order valence-corrected chi connectivity index (χ3v) is 8.30. The molecule has 0 bridgehead atoms. The van der Waals surface area contributed by atoms with Gasteiger partial charge >= 0.3 is 0 Å². The number of rotatable bonds is 7. The van der Waals surface area contributed by atoms with Gasteiger partial charge in [0.15, 0.2) is 0 Å². The molecule has 0 amide bonds. The quantitative estimate of drug-likeness (QED) is 0.306. The summed E-state index contributed by atoms with van der Waals surface area (Å²) in [5, 5.41) is 21.3. The van der Waals surface area contributed by atoms with Crippen LogP contribution in [0.15, 0.2) is 34.1 Å². The summed E-state index contributed by atoms with van der Waals surface area (Å²) in [6.45, 7) is 17.5. The number of aryl methyl sites for hydroxylation is 2. The van der Waals surface area contributed by atoms with Gasteiger partial charge in [0.1, 0.15) is 11.5 Å². The Hall–Kier alpha value is -1.86. The second kappa shape index (κ2) is 11.3. The van der Waals surface area contributed by atoms with Crippen molar-refractivity contribution in [2.24, 2.45) is 11.5 Å². The van der Waals surface area contributed by atoms with E-state index in [4.69, 9.17) is 11.5 Å². The molecule has 0 heterocycles. The predicted molar refractivity (Wildman–Crippen MR) is 152 cm³/mol. The number of aromatic hydroxyl groups is 2. The molecule has 2 aromatic rings. The van der Waals surface area contributed by atoms with Gasteiger partial charge in [-0.05, 0) is 71.2 Å². The van der Waals surface area contributed by atoms with Crippen molar-refractivity contribution in [2.75, 3.05) is 13.1 Å². The normalized spacial score (nSPS) is 13.5. The highest BCUT2D eigenvalue weighted by molar-refractivity contribution is 8.79. The molecule has 0 aromatic heterocycles. The van der Waals surface area contributed by atoms with E-state index >= 15 is 0 Å². The zero-order valence-corrected chi connectivity index (χ0v) is 23.4. The van der Waals surface area contributed by atoms with E-state index in [-0.39, 0.29) is 22.3 Å². The number of hydrogen-bond acceptors (Lipinski definition) is 6. The minimum atomic E-state index is -0.0248. The SMILES string of the molecule is Cc1cc(C(C)(C)C)cc(/C=C(\CN)SS/C(=C/c2cc(C(C)(C)C)cc(C)c2O)CN)c1O. The van der Waals surface area contributed by atoms with E-state index in [1.807, 2.05) is 50.3 Å². The maximum atomic E-state index is 10.6. The van der Waals surface area contributed by atoms with Crippen molar-refractivity contribution >= 4 is 33.7 Å². The third kappa shape index (κ3) is 7.32. The van der Waals surface area contributed by atoms with E-state index in [1.54, 1.807) is 0 Å². The largest absolute Gasteiger partial charge is 0.507 e. The van der Waals surface area contributed by atoms with Gasteiger partial charge in [0.25, 0.3) is 0 Å². The summed E-state index contributed by atoms with van der Waals surface area (Å²) in [6, 6.07) is 8.13. The molecule has 0 radical (unpaired) electrons. The van der Waals surface area contributed by atoms with Gasteiger partial charge in [-0.25, -0.2) is 0 Å². The number of phenols is 2. The van der Waals surface area contributed by atoms with Crippen LogP contribution in [0, 0.1) is 13.8 Å². The first-order chi connectivity index (χ1) is 15.7. The molecule has 2 rings (SSSR count). The number of nitrogens with two attached hydrogens (primary N) is 2. The highest BCUT2D eigenvalue weighted by atomic mass is 33.1. The summed E-state index contributed by atoms with van der Waals surface area (Å²) in [6.07, 6.45) is 3.90. The molecule has 186 valence electrons. The van der Waals surface area contributed by atoms with Crippen molar-refractivity contribution in [3.05, 3.63) is 67.5 Å². The molecule has 6 heteroatoms. The summed E-state index contributed by atoms with van der Waals surface area (Å²) in [4.78, 5) is 1.85. The van der Waals surface area contributed by atoms with Crippen LogP contribution in [-0.4, -0.2) is 23.3 Å². The molecule has 0 spiro atoms. The van der Waals surface area contributed by atoms with E-state index in [2.05, 4.69) is 41.5 Å². The van der Waals surface area contributed by atoms with Gasteiger partial charge in [-0.2, -0.15) is 0 Å². The van der Waals surface area contributed by atoms with Gasteiger partial charge in [0.2, 0.25) is 0 Å². The van der Waals surface area contributed by atoms with Crippen LogP contribution < -0.4 is 11.5 Å². The maximum Gasteiger partial charge on any atom is 0.125 e. The van der Waals surface area contributed by atoms with Gasteiger partial charge < -0.3 is 21.7 Å². The lowest BCUT2D eigenvalue weighted by Crippen LogP contribution is -2.11. The average molecular weight is 501 g/mol. The Bertz CT molecular complexity index is 1000. The first-order valence-electron chi connectivity index (χ1n) is 11.5. The van der Waals surface area contributed by atoms with E-state index in [0.717, 1.165) is 43.2 Å². The lowest BCUT2D eigenvalue weighted by molar-refractivity contribution is 0.468. The van der Waals surface area contributed by atoms with Gasteiger partial charge in [-0.3, -0.25) is 0 Å². The highest BCUT2D eigenvalue weighted by Crippen LogP contribution is 2.40. The molecule has 4 nitrogen and oxygen atoms in total. The van der Waals surface area contributed by atoms with Gasteiger partial charge in [-0.1, -0.05) is 75.3 Å². The molecular formula is C28H40N2O2S2. The summed E-state index contributed by atoms with van der Waals surface area (Å²) < 4.78 is 0. The molecule has 0 saturated carbocycles. The molecule has 0 fully saturated rings. The third-order valence-electron chi connectivity index (χ3n) is 5.68. The zero-order chi connectivity index (χ0) is 25.8. The molecule has 6 N–H and O–H groups in total. The second-order valence-electron chi connectivity index (χ2n) is 10.8. The van der Waals surface area contributed by atoms with Crippen molar-refractivity contribution in [1.29, 1.82) is 0 Å². The summed E-state index contributed by atoms with van der Waals surface area (Å²) in [5.74, 6) is 0.553. The van der Waals surface area contributed by atoms with Crippen molar-refractivity contribution < 1.29 is 10.2 Å². The average Bonchev–Trinajstić information content (AvgIpc) is 2.73. The smallest absolute Gasteiger partial charge is 0.125 e. The van der Waals surface area contributed by atoms with Crippen LogP contribution in [0.3, 0.4) is 0 Å². The molecule has 2 aromatic carbocycles. The Labute approximate surface area is 213 Å². The lowest BCUT2D eigenvalue weighted by atomic mass is 9.85. The van der Waals surface area contributed by atoms with Crippen LogP contribution in [0.2, 0.25) is 0 Å². The molecular weight excluding hydrogens is 460 g/mol. The predicted octanol–water partition coefficient (Wildman–Crippen LogP) is 6.99. The molecule has 0 unspecified atom stereocenters. The lowest BCUT2D eigenvalue weighted by Gasteiger charge is -2.21. The van der Waals surface area contributed by atoms with Crippen LogP contribution in [0.25, 0.3) is 12.2 Å². The fourth-order valence-electron chi connectivity index (χ4n) is 3.39. The van der Waals surface area contributed by atoms with Crippen LogP contribution in [0.4, 0.5) is 0 Å². The zero-order valence-electron chi connectivity index (χ0n) is 21.7. The Morgan fingerprint density at radius 2 is 1.03 bits per heavy atom. The van der Waals surface area contributed by atoms with Crippen molar-refractivity contribution in [1.82, 2.24) is 0 Å². The van der Waals surface area contributed by atoms with Crippen molar-refractivity contribution in [2.45, 2.75) is 66.2 Å². The van der Waals surface area contributed by atoms with Crippen LogP contribution >= 0.6 is 21.6 Å². The van der Waals surface area contributed by atoms with E-state index in [1.165, 1.54) is 21.6 Å². The fraction of sp³-hybridized carbons (Fsp3) is 0.429. The van der Waals surface area contributed by atoms with E-state index < -0.39 is 0 Å². The monoisotopic (exact) mass is 500 g/mol. The summed E-state index contributed by atoms with van der Waals surface area (Å²) >= 11 is 0. The second-order valence-corrected chi connectivity index (χ2v) is 13.1. The standard InChI is InChI=1S/C28H40N2O2S2/c1-17-9-21(27(3,4)5)11-19(25(17)31)13-23(15-29)33-34-24(16-30)14-20-12-22(28(6,7)8)10-18(2)26(20)32/h9-14,31-32H,15-16,29-30H2,1-8H3/b23-13+,24-14+. The van der Waals surface area contributed by atoms with Gasteiger partial charge in [-0.15, -0.1) is 0 Å². The Kier molecular flexibility index (Phi) is 9.39. The van der Waals surface area contributed by atoms with Gasteiger partial charge in [0.05, 0.1) is 0 Å². The minimum Gasteiger partial charge on any atom is -0.507 e. The van der Waals surface area contributed by atoms with E-state index in [0.29, 0.717) is 13.1 Å². The molecule has 0 atom stereocenters. The summed E-state index contributed by atoms with van der Waals surface area (Å²) in [5.41, 5.74) is 17.6. The van der Waals surface area contributed by atoms with E-state index in [9.17, 15) is 10.2 Å². The van der Waals surface area contributed by atoms with Crippen LogP contribution in [0.5, 0.6) is 11.5 Å². The number of phenolic OH excluding ortho intramolecular Hbond substituents is 2. The summed E-state index contributed by atoms with van der Waals surface area (Å²) in [7, 11) is 3.06.